The van der Waals surface area contributed by atoms with Crippen LogP contribution in [0.15, 0.2) is 89.4 Å². The molecule has 5 heteroatoms. The number of hydrogen-bond acceptors (Lipinski definition) is 3. The topological polar surface area (TPSA) is 6.48 Å². The maximum Gasteiger partial charge on any atom is 0.259 e. The number of nitrogens with zero attached hydrogens (tertiary/aromatic N) is 2. The van der Waals surface area contributed by atoms with Gasteiger partial charge in [-0.05, 0) is 204 Å². The van der Waals surface area contributed by atoms with Crippen LogP contribution in [-0.4, -0.2) is 20.0 Å². The maximum atomic E-state index is 2.89. The molecule has 5 aromatic carbocycles. The predicted molar refractivity (Wildman–Crippen MR) is 332 cm³/mol. The summed E-state index contributed by atoms with van der Waals surface area (Å²) >= 11 is 2.30. The Morgan fingerprint density at radius 3 is 1.48 bits per heavy atom. The average molecular weight is 1030 g/mol. The minimum absolute atomic E-state index is 0.0383. The number of fused-ring (bicyclic) bond motifs is 8. The van der Waals surface area contributed by atoms with Crippen molar-refractivity contribution in [3.05, 3.63) is 128 Å². The van der Waals surface area contributed by atoms with Crippen LogP contribution in [0, 0.1) is 23.7 Å². The molecule has 0 N–H and O–H groups in total. The van der Waals surface area contributed by atoms with Gasteiger partial charge in [-0.25, -0.2) is 0 Å². The average Bonchev–Trinajstić information content (AvgIpc) is 3.75. The van der Waals surface area contributed by atoms with Crippen LogP contribution in [0.25, 0.3) is 11.1 Å². The summed E-state index contributed by atoms with van der Waals surface area (Å²) in [5.74, 6) is 0.408. The predicted octanol–water partition coefficient (Wildman–Crippen LogP) is 18.1. The van der Waals surface area contributed by atoms with E-state index in [0.29, 0.717) is 11.2 Å². The Kier molecular flexibility index (Phi) is 11.1. The molecule has 3 aliphatic heterocycles. The molecule has 1 fully saturated rings. The number of thioether (sulfide) groups is 1. The molecule has 12 rings (SSSR count). The number of hydrogen-bond donors (Lipinski definition) is 0. The van der Waals surface area contributed by atoms with Crippen molar-refractivity contribution in [3.63, 3.8) is 0 Å². The van der Waals surface area contributed by atoms with Gasteiger partial charge in [0.2, 0.25) is 0 Å². The Balaban J connectivity index is 1.22. The van der Waals surface area contributed by atoms with Crippen molar-refractivity contribution in [1.82, 2.24) is 0 Å². The van der Waals surface area contributed by atoms with Gasteiger partial charge in [-0.3, -0.25) is 0 Å². The monoisotopic (exact) mass is 1030 g/mol. The van der Waals surface area contributed by atoms with Crippen LogP contribution in [0.4, 0.5) is 28.4 Å². The molecule has 0 bridgehead atoms. The molecule has 394 valence electrons. The van der Waals surface area contributed by atoms with Gasteiger partial charge in [-0.15, -0.1) is 11.8 Å². The van der Waals surface area contributed by atoms with E-state index < -0.39 is 8.07 Å². The van der Waals surface area contributed by atoms with E-state index in [9.17, 15) is 0 Å². The van der Waals surface area contributed by atoms with Gasteiger partial charge >= 0.3 is 0 Å². The van der Waals surface area contributed by atoms with Crippen molar-refractivity contribution in [2.45, 2.75) is 226 Å². The molecule has 2 atom stereocenters. The molecule has 0 radical (unpaired) electrons. The quantitative estimate of drug-likeness (QED) is 0.166. The number of rotatable bonds is 4. The molecular weight excluding hydrogens is 940 g/mol. The Morgan fingerprint density at radius 1 is 0.467 bits per heavy atom. The molecule has 75 heavy (non-hydrogen) atoms. The summed E-state index contributed by atoms with van der Waals surface area (Å²) in [6.45, 7) is 50.7. The Bertz CT molecular complexity index is 3280. The van der Waals surface area contributed by atoms with Gasteiger partial charge in [0.25, 0.3) is 6.71 Å². The number of allylic oxidation sites excluding steroid dienone is 1. The van der Waals surface area contributed by atoms with E-state index in [2.05, 4.69) is 238 Å². The third kappa shape index (κ3) is 7.72. The van der Waals surface area contributed by atoms with Crippen LogP contribution in [0.2, 0.25) is 19.6 Å². The highest BCUT2D eigenvalue weighted by atomic mass is 32.2. The zero-order valence-corrected chi connectivity index (χ0v) is 52.0. The van der Waals surface area contributed by atoms with Crippen LogP contribution in [0.3, 0.4) is 0 Å². The second-order valence-corrected chi connectivity index (χ2v) is 38.1. The molecule has 0 spiro atoms. The summed E-state index contributed by atoms with van der Waals surface area (Å²) in [6.07, 6.45) is 9.67. The molecule has 7 aliphatic rings. The first-order valence-electron chi connectivity index (χ1n) is 29.4. The third-order valence-corrected chi connectivity index (χ3v) is 25.5. The lowest BCUT2D eigenvalue weighted by Crippen LogP contribution is -2.56. The van der Waals surface area contributed by atoms with E-state index in [1.165, 1.54) is 129 Å². The fourth-order valence-corrected chi connectivity index (χ4v) is 19.2. The second kappa shape index (κ2) is 16.1. The Hall–Kier alpha value is -3.93. The number of anilines is 5. The molecule has 0 aromatic heterocycles. The minimum atomic E-state index is -1.54. The van der Waals surface area contributed by atoms with Gasteiger partial charge in [0.15, 0.2) is 0 Å². The molecule has 5 aromatic rings. The van der Waals surface area contributed by atoms with E-state index in [-0.39, 0.29) is 50.0 Å². The minimum Gasteiger partial charge on any atom is -0.314 e. The fourth-order valence-electron chi connectivity index (χ4n) is 15.9. The lowest BCUT2D eigenvalue weighted by atomic mass is 9.35. The summed E-state index contributed by atoms with van der Waals surface area (Å²) in [7, 11) is -1.54. The van der Waals surface area contributed by atoms with Crippen LogP contribution in [-0.2, 0) is 32.5 Å². The zero-order chi connectivity index (χ0) is 53.9. The molecule has 1 saturated carbocycles. The maximum absolute atomic E-state index is 2.89. The van der Waals surface area contributed by atoms with Crippen LogP contribution in [0.1, 0.15) is 201 Å². The third-order valence-electron chi connectivity index (χ3n) is 21.6. The van der Waals surface area contributed by atoms with Gasteiger partial charge in [0.05, 0.1) is 13.8 Å². The normalized spacial score (nSPS) is 25.3. The van der Waals surface area contributed by atoms with Crippen molar-refractivity contribution in [1.29, 1.82) is 0 Å². The van der Waals surface area contributed by atoms with Crippen molar-refractivity contribution in [2.75, 3.05) is 9.80 Å². The highest BCUT2D eigenvalue weighted by molar-refractivity contribution is 8.06. The second-order valence-electron chi connectivity index (χ2n) is 31.8. The molecular formula is C70H91BN2SSi. The SMILES string of the molecule is Cc1cc2c3c(c1)N(c1cc4c(cc1-c1ccc([Si](C)(C)C)cc1)C(C)(C)CCC4(C)C)c1cc4c(cc1B3C1=C(C3C(S1)C(C)(C)CCC3(C)C)N2c1ccc2c(c1)C(C)(C)CCC2(C)C)C(C)(C)CCC4(C)C. The first-order valence-corrected chi connectivity index (χ1v) is 33.8. The van der Waals surface area contributed by atoms with Crippen LogP contribution < -0.4 is 25.9 Å². The van der Waals surface area contributed by atoms with Crippen molar-refractivity contribution in [3.8, 4) is 11.1 Å². The molecule has 0 amide bonds. The zero-order valence-electron chi connectivity index (χ0n) is 50.2. The van der Waals surface area contributed by atoms with Gasteiger partial charge < -0.3 is 9.80 Å². The van der Waals surface area contributed by atoms with E-state index in [1.807, 2.05) is 0 Å². The summed E-state index contributed by atoms with van der Waals surface area (Å²) < 4.78 is 0. The lowest BCUT2D eigenvalue weighted by molar-refractivity contribution is 0.0881. The van der Waals surface area contributed by atoms with Crippen molar-refractivity contribution in [2.24, 2.45) is 16.7 Å². The molecule has 2 unspecified atom stereocenters. The fraction of sp³-hybridized carbons (Fsp3) is 0.543. The summed E-state index contributed by atoms with van der Waals surface area (Å²) in [6, 6.07) is 33.9. The summed E-state index contributed by atoms with van der Waals surface area (Å²) in [5, 5.41) is 1.99. The van der Waals surface area contributed by atoms with Gasteiger partial charge in [0.1, 0.15) is 0 Å². The number of benzene rings is 5. The van der Waals surface area contributed by atoms with Crippen molar-refractivity contribution >= 4 is 71.1 Å². The van der Waals surface area contributed by atoms with Gasteiger partial charge in [-0.1, -0.05) is 172 Å². The standard InChI is InChI=1S/C70H91BN2SSi/c1-42-35-56-59-57(36-42)73(54-40-51-49(65(6,7)29-31-67(51,10)11)38-46(54)43-21-24-45(25-22-43)75(18,19)20)55-41-52-50(66(8,9)30-32-68(52,12)13)39-53(55)71(59)62-60(58-61(74-62)70(16,17)34-33-69(58,14)15)72(56)44-23-26-47-48(37-44)64(4,5)28-27-63(47,2)3/h21-26,35-41,58,61H,27-34H2,1-20H3. The van der Waals surface area contributed by atoms with Crippen molar-refractivity contribution < 1.29 is 0 Å². The van der Waals surface area contributed by atoms with Crippen LogP contribution >= 0.6 is 11.8 Å². The highest BCUT2D eigenvalue weighted by Gasteiger charge is 2.60. The molecule has 2 nitrogen and oxygen atoms in total. The molecule has 3 heterocycles. The van der Waals surface area contributed by atoms with Crippen LogP contribution in [0.5, 0.6) is 0 Å². The largest absolute Gasteiger partial charge is 0.314 e. The summed E-state index contributed by atoms with van der Waals surface area (Å²) in [5.41, 5.74) is 25.5. The Morgan fingerprint density at radius 2 is 0.933 bits per heavy atom. The first kappa shape index (κ1) is 51.8. The van der Waals surface area contributed by atoms with E-state index in [0.717, 1.165) is 0 Å². The van der Waals surface area contributed by atoms with Gasteiger partial charge in [0, 0.05) is 45.2 Å². The van der Waals surface area contributed by atoms with E-state index in [4.69, 9.17) is 0 Å². The summed E-state index contributed by atoms with van der Waals surface area (Å²) in [4.78, 5) is 7.35. The molecule has 0 saturated heterocycles. The Labute approximate surface area is 460 Å². The molecule has 4 aliphatic carbocycles. The first-order chi connectivity index (χ1) is 34.7. The van der Waals surface area contributed by atoms with E-state index >= 15 is 0 Å². The number of aryl methyl sites for hydroxylation is 1. The smallest absolute Gasteiger partial charge is 0.259 e. The highest BCUT2D eigenvalue weighted by Crippen LogP contribution is 2.66. The van der Waals surface area contributed by atoms with Gasteiger partial charge in [-0.2, -0.15) is 0 Å². The van der Waals surface area contributed by atoms with E-state index in [1.54, 1.807) is 27.2 Å². The lowest BCUT2D eigenvalue weighted by Gasteiger charge is -2.52.